The topological polar surface area (TPSA) is 58.6 Å². The summed E-state index contributed by atoms with van der Waals surface area (Å²) in [5.74, 6) is 0.585. The Labute approximate surface area is 81.7 Å². The molecule has 0 unspecified atom stereocenters. The van der Waals surface area contributed by atoms with E-state index in [-0.39, 0.29) is 6.61 Å². The van der Waals surface area contributed by atoms with Gasteiger partial charge >= 0.3 is 0 Å². The maximum absolute atomic E-state index is 8.55. The van der Waals surface area contributed by atoms with E-state index in [0.29, 0.717) is 10.9 Å². The largest absolute Gasteiger partial charge is 0.396 e. The van der Waals surface area contributed by atoms with E-state index in [1.54, 1.807) is 0 Å². The zero-order valence-electron chi connectivity index (χ0n) is 7.18. The van der Waals surface area contributed by atoms with Crippen LogP contribution in [0.4, 0.5) is 5.69 Å². The van der Waals surface area contributed by atoms with Gasteiger partial charge in [-0.25, -0.2) is 4.99 Å². The number of hydrogen-bond donors (Lipinski definition) is 2. The van der Waals surface area contributed by atoms with E-state index in [4.69, 9.17) is 10.8 Å². The maximum Gasteiger partial charge on any atom is 0.159 e. The summed E-state index contributed by atoms with van der Waals surface area (Å²) < 4.78 is 0. The molecule has 0 aromatic heterocycles. The maximum atomic E-state index is 8.55. The lowest BCUT2D eigenvalue weighted by molar-refractivity contribution is 0.323. The third-order valence-corrected chi connectivity index (χ3v) is 2.11. The standard InChI is InChI=1S/C9H12N2OS/c10-9(13-7-6-12)11-8-4-2-1-3-5-8/h1-5,12H,6-7H2,(H2,10,11). The Morgan fingerprint density at radius 3 is 2.69 bits per heavy atom. The van der Waals surface area contributed by atoms with Gasteiger partial charge in [0.25, 0.3) is 0 Å². The van der Waals surface area contributed by atoms with Crippen LogP contribution in [0.5, 0.6) is 0 Å². The molecule has 70 valence electrons. The van der Waals surface area contributed by atoms with Crippen LogP contribution in [0.2, 0.25) is 0 Å². The Balaban J connectivity index is 2.55. The van der Waals surface area contributed by atoms with Crippen LogP contribution >= 0.6 is 11.8 Å². The molecule has 13 heavy (non-hydrogen) atoms. The molecule has 0 saturated carbocycles. The van der Waals surface area contributed by atoms with Gasteiger partial charge in [-0.05, 0) is 12.1 Å². The van der Waals surface area contributed by atoms with E-state index >= 15 is 0 Å². The number of benzene rings is 1. The second-order valence-corrected chi connectivity index (χ2v) is 3.47. The molecule has 0 atom stereocenters. The minimum Gasteiger partial charge on any atom is -0.396 e. The van der Waals surface area contributed by atoms with Gasteiger partial charge in [-0.15, -0.1) is 0 Å². The zero-order chi connectivity index (χ0) is 9.52. The van der Waals surface area contributed by atoms with Crippen LogP contribution in [0.3, 0.4) is 0 Å². The van der Waals surface area contributed by atoms with Gasteiger partial charge < -0.3 is 10.8 Å². The summed E-state index contributed by atoms with van der Waals surface area (Å²) in [7, 11) is 0. The first-order valence-corrected chi connectivity index (χ1v) is 4.94. The van der Waals surface area contributed by atoms with Crippen molar-refractivity contribution < 1.29 is 5.11 Å². The summed E-state index contributed by atoms with van der Waals surface area (Å²) in [6, 6.07) is 9.50. The number of nitrogens with zero attached hydrogens (tertiary/aromatic N) is 1. The number of rotatable bonds is 3. The fraction of sp³-hybridized carbons (Fsp3) is 0.222. The van der Waals surface area contributed by atoms with Crippen molar-refractivity contribution in [3.05, 3.63) is 30.3 Å². The first-order chi connectivity index (χ1) is 6.33. The van der Waals surface area contributed by atoms with Crippen LogP contribution in [0, 0.1) is 0 Å². The van der Waals surface area contributed by atoms with E-state index < -0.39 is 0 Å². The highest BCUT2D eigenvalue weighted by Crippen LogP contribution is 2.12. The highest BCUT2D eigenvalue weighted by molar-refractivity contribution is 8.13. The van der Waals surface area contributed by atoms with Crippen molar-refractivity contribution in [2.45, 2.75) is 0 Å². The van der Waals surface area contributed by atoms with Gasteiger partial charge in [0, 0.05) is 5.75 Å². The van der Waals surface area contributed by atoms with Gasteiger partial charge in [-0.1, -0.05) is 30.0 Å². The minimum absolute atomic E-state index is 0.121. The van der Waals surface area contributed by atoms with Crippen molar-refractivity contribution in [2.75, 3.05) is 12.4 Å². The quantitative estimate of drug-likeness (QED) is 0.567. The summed E-state index contributed by atoms with van der Waals surface area (Å²) in [6.07, 6.45) is 0. The van der Waals surface area contributed by atoms with Gasteiger partial charge in [0.1, 0.15) is 0 Å². The lowest BCUT2D eigenvalue weighted by Gasteiger charge is -1.97. The number of aliphatic hydroxyl groups excluding tert-OH is 1. The van der Waals surface area contributed by atoms with Gasteiger partial charge in [0.2, 0.25) is 0 Å². The number of thioether (sulfide) groups is 1. The normalized spacial score (nSPS) is 11.6. The van der Waals surface area contributed by atoms with Crippen LogP contribution in [-0.4, -0.2) is 22.6 Å². The summed E-state index contributed by atoms with van der Waals surface area (Å²) in [4.78, 5) is 4.14. The number of aliphatic hydroxyl groups is 1. The van der Waals surface area contributed by atoms with Crippen LogP contribution in [0.25, 0.3) is 0 Å². The predicted octanol–water partition coefficient (Wildman–Crippen LogP) is 1.36. The summed E-state index contributed by atoms with van der Waals surface area (Å²) >= 11 is 1.35. The Morgan fingerprint density at radius 2 is 2.08 bits per heavy atom. The van der Waals surface area contributed by atoms with Crippen LogP contribution < -0.4 is 5.73 Å². The lowest BCUT2D eigenvalue weighted by atomic mass is 10.3. The molecular weight excluding hydrogens is 184 g/mol. The average Bonchev–Trinajstić information content (AvgIpc) is 2.16. The SMILES string of the molecule is NC(=Nc1ccccc1)SCCO. The molecule has 0 spiro atoms. The summed E-state index contributed by atoms with van der Waals surface area (Å²) in [5.41, 5.74) is 6.43. The number of amidine groups is 1. The highest BCUT2D eigenvalue weighted by atomic mass is 32.2. The van der Waals surface area contributed by atoms with Crippen LogP contribution in [0.1, 0.15) is 0 Å². The third-order valence-electron chi connectivity index (χ3n) is 1.34. The van der Waals surface area contributed by atoms with Crippen molar-refractivity contribution in [1.82, 2.24) is 0 Å². The van der Waals surface area contributed by atoms with Crippen LogP contribution in [0.15, 0.2) is 35.3 Å². The molecule has 0 fully saturated rings. The molecule has 0 aliphatic heterocycles. The second kappa shape index (κ2) is 5.61. The molecule has 0 aliphatic carbocycles. The lowest BCUT2D eigenvalue weighted by Crippen LogP contribution is -2.07. The number of nitrogens with two attached hydrogens (primary N) is 1. The monoisotopic (exact) mass is 196 g/mol. The van der Waals surface area contributed by atoms with Crippen molar-refractivity contribution in [1.29, 1.82) is 0 Å². The molecule has 0 bridgehead atoms. The first-order valence-electron chi connectivity index (χ1n) is 3.96. The predicted molar refractivity (Wildman–Crippen MR) is 57.3 cm³/mol. The van der Waals surface area contributed by atoms with E-state index in [2.05, 4.69) is 4.99 Å². The highest BCUT2D eigenvalue weighted by Gasteiger charge is 1.93. The van der Waals surface area contributed by atoms with Gasteiger partial charge in [-0.3, -0.25) is 0 Å². The Morgan fingerprint density at radius 1 is 1.38 bits per heavy atom. The zero-order valence-corrected chi connectivity index (χ0v) is 8.00. The van der Waals surface area contributed by atoms with Crippen molar-refractivity contribution in [3.8, 4) is 0 Å². The molecule has 1 aromatic carbocycles. The van der Waals surface area contributed by atoms with Crippen molar-refractivity contribution >= 4 is 22.6 Å². The molecule has 3 nitrogen and oxygen atoms in total. The van der Waals surface area contributed by atoms with E-state index in [1.807, 2.05) is 30.3 Å². The number of hydrogen-bond acceptors (Lipinski definition) is 3. The molecule has 0 aliphatic rings. The Kier molecular flexibility index (Phi) is 4.35. The summed E-state index contributed by atoms with van der Waals surface area (Å²) in [6.45, 7) is 0.121. The Hall–Kier alpha value is -1.00. The fourth-order valence-corrected chi connectivity index (χ4v) is 1.28. The molecular formula is C9H12N2OS. The molecule has 0 heterocycles. The van der Waals surface area contributed by atoms with Crippen molar-refractivity contribution in [3.63, 3.8) is 0 Å². The number of para-hydroxylation sites is 1. The second-order valence-electron chi connectivity index (χ2n) is 2.36. The molecule has 4 heteroatoms. The Bertz CT molecular complexity index is 274. The number of aliphatic imine (C=N–C) groups is 1. The third kappa shape index (κ3) is 3.96. The molecule has 1 rings (SSSR count). The smallest absolute Gasteiger partial charge is 0.159 e. The molecule has 0 amide bonds. The fourth-order valence-electron chi connectivity index (χ4n) is 0.812. The van der Waals surface area contributed by atoms with Crippen LogP contribution in [-0.2, 0) is 0 Å². The molecule has 0 radical (unpaired) electrons. The van der Waals surface area contributed by atoms with Gasteiger partial charge in [-0.2, -0.15) is 0 Å². The molecule has 3 N–H and O–H groups in total. The van der Waals surface area contributed by atoms with E-state index in [9.17, 15) is 0 Å². The van der Waals surface area contributed by atoms with E-state index in [1.165, 1.54) is 11.8 Å². The molecule has 0 saturated heterocycles. The average molecular weight is 196 g/mol. The molecule has 1 aromatic rings. The van der Waals surface area contributed by atoms with Gasteiger partial charge in [0.15, 0.2) is 5.17 Å². The minimum atomic E-state index is 0.121. The summed E-state index contributed by atoms with van der Waals surface area (Å²) in [5, 5.41) is 9.04. The van der Waals surface area contributed by atoms with Crippen molar-refractivity contribution in [2.24, 2.45) is 10.7 Å². The van der Waals surface area contributed by atoms with E-state index in [0.717, 1.165) is 5.69 Å². The van der Waals surface area contributed by atoms with Gasteiger partial charge in [0.05, 0.1) is 12.3 Å². The first kappa shape index (κ1) is 10.1.